The van der Waals surface area contributed by atoms with E-state index in [0.29, 0.717) is 12.1 Å². The van der Waals surface area contributed by atoms with Crippen molar-refractivity contribution in [3.63, 3.8) is 0 Å². The normalized spacial score (nSPS) is 26.7. The highest BCUT2D eigenvalue weighted by Gasteiger charge is 2.25. The van der Waals surface area contributed by atoms with Gasteiger partial charge in [0.15, 0.2) is 0 Å². The Balaban J connectivity index is 2.27. The van der Waals surface area contributed by atoms with Crippen molar-refractivity contribution in [3.05, 3.63) is 22.5 Å². The lowest BCUT2D eigenvalue weighted by atomic mass is 9.98. The fraction of sp³-hybridized carbons (Fsp3) is 0.636. The van der Waals surface area contributed by atoms with E-state index >= 15 is 0 Å². The Morgan fingerprint density at radius 2 is 2.00 bits per heavy atom. The Morgan fingerprint density at radius 3 is 2.53 bits per heavy atom. The van der Waals surface area contributed by atoms with Crippen molar-refractivity contribution in [1.82, 2.24) is 10.2 Å². The van der Waals surface area contributed by atoms with E-state index in [4.69, 9.17) is 0 Å². The van der Waals surface area contributed by atoms with Gasteiger partial charge in [-0.3, -0.25) is 4.79 Å². The van der Waals surface area contributed by atoms with Crippen LogP contribution in [0.25, 0.3) is 0 Å². The van der Waals surface area contributed by atoms with Gasteiger partial charge in [-0.05, 0) is 39.2 Å². The van der Waals surface area contributed by atoms with Crippen LogP contribution in [0, 0.1) is 0 Å². The summed E-state index contributed by atoms with van der Waals surface area (Å²) in [5.41, 5.74) is -0.143. The fourth-order valence-electron chi connectivity index (χ4n) is 2.35. The molecule has 4 nitrogen and oxygen atoms in total. The lowest BCUT2D eigenvalue weighted by Gasteiger charge is -2.39. The first-order valence-corrected chi connectivity index (χ1v) is 5.52. The third-order valence-electron chi connectivity index (χ3n) is 3.12. The molecule has 0 saturated carbocycles. The minimum absolute atomic E-state index is 0.143. The van der Waals surface area contributed by atoms with Crippen molar-refractivity contribution in [2.24, 2.45) is 0 Å². The minimum Gasteiger partial charge on any atom is -0.350 e. The maximum Gasteiger partial charge on any atom is 0.264 e. The quantitative estimate of drug-likeness (QED) is 0.760. The summed E-state index contributed by atoms with van der Waals surface area (Å²) < 4.78 is 0. The Kier molecular flexibility index (Phi) is 2.75. The summed E-state index contributed by atoms with van der Waals surface area (Å²) in [6.07, 6.45) is 3.68. The van der Waals surface area contributed by atoms with Crippen LogP contribution in [-0.4, -0.2) is 22.3 Å². The van der Waals surface area contributed by atoms with Gasteiger partial charge in [-0.25, -0.2) is 5.10 Å². The SMILES string of the molecule is CC1CCCC(C)N1c1ccc(=O)[nH]n1. The monoisotopic (exact) mass is 207 g/mol. The average Bonchev–Trinajstić information content (AvgIpc) is 2.20. The van der Waals surface area contributed by atoms with Crippen molar-refractivity contribution in [1.29, 1.82) is 0 Å². The number of nitrogens with zero attached hydrogens (tertiary/aromatic N) is 2. The molecule has 0 radical (unpaired) electrons. The number of H-pyrrole nitrogens is 1. The molecule has 2 heterocycles. The van der Waals surface area contributed by atoms with Crippen LogP contribution in [0.3, 0.4) is 0 Å². The van der Waals surface area contributed by atoms with Crippen molar-refractivity contribution in [2.75, 3.05) is 4.90 Å². The van der Waals surface area contributed by atoms with Crippen LogP contribution in [0.4, 0.5) is 5.82 Å². The summed E-state index contributed by atoms with van der Waals surface area (Å²) >= 11 is 0. The van der Waals surface area contributed by atoms with E-state index in [1.54, 1.807) is 6.07 Å². The van der Waals surface area contributed by atoms with Crippen molar-refractivity contribution in [3.8, 4) is 0 Å². The zero-order valence-corrected chi connectivity index (χ0v) is 9.23. The molecule has 1 N–H and O–H groups in total. The summed E-state index contributed by atoms with van der Waals surface area (Å²) in [5, 5.41) is 6.58. The maximum absolute atomic E-state index is 10.9. The molecule has 15 heavy (non-hydrogen) atoms. The van der Waals surface area contributed by atoms with Crippen molar-refractivity contribution >= 4 is 5.82 Å². The predicted molar refractivity (Wildman–Crippen MR) is 60.1 cm³/mol. The largest absolute Gasteiger partial charge is 0.350 e. The van der Waals surface area contributed by atoms with E-state index in [0.717, 1.165) is 5.82 Å². The van der Waals surface area contributed by atoms with Gasteiger partial charge in [0.25, 0.3) is 5.56 Å². The second-order valence-corrected chi connectivity index (χ2v) is 4.32. The third kappa shape index (κ3) is 2.03. The topological polar surface area (TPSA) is 49.0 Å². The molecule has 1 aromatic heterocycles. The second-order valence-electron chi connectivity index (χ2n) is 4.32. The zero-order chi connectivity index (χ0) is 10.8. The van der Waals surface area contributed by atoms with Gasteiger partial charge in [0.05, 0.1) is 0 Å². The Hall–Kier alpha value is -1.32. The van der Waals surface area contributed by atoms with Gasteiger partial charge in [-0.15, -0.1) is 0 Å². The van der Waals surface area contributed by atoms with Crippen LogP contribution in [0.5, 0.6) is 0 Å². The van der Waals surface area contributed by atoms with Gasteiger partial charge in [0, 0.05) is 18.2 Å². The molecule has 2 unspecified atom stereocenters. The molecule has 0 bridgehead atoms. The van der Waals surface area contributed by atoms with Crippen LogP contribution in [0.15, 0.2) is 16.9 Å². The molecule has 82 valence electrons. The number of anilines is 1. The molecule has 4 heteroatoms. The summed E-state index contributed by atoms with van der Waals surface area (Å²) in [4.78, 5) is 13.2. The first-order chi connectivity index (χ1) is 7.18. The molecular weight excluding hydrogens is 190 g/mol. The maximum atomic E-state index is 10.9. The average molecular weight is 207 g/mol. The lowest BCUT2D eigenvalue weighted by Crippen LogP contribution is -2.44. The highest BCUT2D eigenvalue weighted by molar-refractivity contribution is 5.39. The first-order valence-electron chi connectivity index (χ1n) is 5.52. The van der Waals surface area contributed by atoms with Crippen LogP contribution in [0.1, 0.15) is 33.1 Å². The Morgan fingerprint density at radius 1 is 1.33 bits per heavy atom. The Bertz CT molecular complexity index is 357. The third-order valence-corrected chi connectivity index (χ3v) is 3.12. The van der Waals surface area contributed by atoms with E-state index in [1.807, 2.05) is 0 Å². The minimum atomic E-state index is -0.143. The molecule has 0 aromatic carbocycles. The molecule has 0 amide bonds. The second kappa shape index (κ2) is 4.04. The zero-order valence-electron chi connectivity index (χ0n) is 9.23. The van der Waals surface area contributed by atoms with Crippen molar-refractivity contribution < 1.29 is 0 Å². The van der Waals surface area contributed by atoms with Crippen LogP contribution >= 0.6 is 0 Å². The van der Waals surface area contributed by atoms with Gasteiger partial charge in [-0.2, -0.15) is 5.10 Å². The molecule has 1 saturated heterocycles. The highest BCUT2D eigenvalue weighted by Crippen LogP contribution is 2.26. The molecule has 1 aromatic rings. The molecule has 1 fully saturated rings. The molecule has 0 spiro atoms. The Labute approximate surface area is 89.3 Å². The summed E-state index contributed by atoms with van der Waals surface area (Å²) in [6.45, 7) is 4.42. The van der Waals surface area contributed by atoms with Crippen LogP contribution in [-0.2, 0) is 0 Å². The number of aromatic nitrogens is 2. The lowest BCUT2D eigenvalue weighted by molar-refractivity contribution is 0.410. The first kappa shape index (κ1) is 10.2. The van der Waals surface area contributed by atoms with Gasteiger partial charge in [0.1, 0.15) is 5.82 Å². The molecule has 1 aliphatic rings. The number of hydrogen-bond acceptors (Lipinski definition) is 3. The standard InChI is InChI=1S/C11H17N3O/c1-8-4-3-5-9(2)14(8)10-6-7-11(15)13-12-10/h6-9H,3-5H2,1-2H3,(H,13,15). The van der Waals surface area contributed by atoms with E-state index in [9.17, 15) is 4.79 Å². The van der Waals surface area contributed by atoms with E-state index in [1.165, 1.54) is 25.3 Å². The smallest absolute Gasteiger partial charge is 0.264 e. The highest BCUT2D eigenvalue weighted by atomic mass is 16.1. The summed E-state index contributed by atoms with van der Waals surface area (Å²) in [7, 11) is 0. The number of aromatic amines is 1. The number of rotatable bonds is 1. The number of nitrogens with one attached hydrogen (secondary N) is 1. The van der Waals surface area contributed by atoms with Crippen LogP contribution in [0.2, 0.25) is 0 Å². The van der Waals surface area contributed by atoms with E-state index in [-0.39, 0.29) is 5.56 Å². The molecule has 0 aliphatic carbocycles. The van der Waals surface area contributed by atoms with E-state index in [2.05, 4.69) is 28.9 Å². The van der Waals surface area contributed by atoms with Gasteiger partial charge < -0.3 is 4.90 Å². The van der Waals surface area contributed by atoms with Gasteiger partial charge >= 0.3 is 0 Å². The summed E-state index contributed by atoms with van der Waals surface area (Å²) in [5.74, 6) is 0.884. The molecule has 2 atom stereocenters. The van der Waals surface area contributed by atoms with Crippen LogP contribution < -0.4 is 10.5 Å². The molecule has 2 rings (SSSR count). The van der Waals surface area contributed by atoms with E-state index < -0.39 is 0 Å². The molecule has 1 aliphatic heterocycles. The summed E-state index contributed by atoms with van der Waals surface area (Å²) in [6, 6.07) is 4.35. The molecular formula is C11H17N3O. The van der Waals surface area contributed by atoms with Crippen molar-refractivity contribution in [2.45, 2.75) is 45.2 Å². The van der Waals surface area contributed by atoms with Gasteiger partial charge in [-0.1, -0.05) is 0 Å². The number of hydrogen-bond donors (Lipinski definition) is 1. The van der Waals surface area contributed by atoms with Gasteiger partial charge in [0.2, 0.25) is 0 Å². The predicted octanol–water partition coefficient (Wildman–Crippen LogP) is 1.54. The fourth-order valence-corrected chi connectivity index (χ4v) is 2.35. The number of piperidine rings is 1.